The second kappa shape index (κ2) is 8.31. The van der Waals surface area contributed by atoms with Gasteiger partial charge in [0.05, 0.1) is 6.61 Å². The van der Waals surface area contributed by atoms with Gasteiger partial charge in [-0.05, 0) is 17.0 Å². The highest BCUT2D eigenvalue weighted by Crippen LogP contribution is 2.12. The van der Waals surface area contributed by atoms with E-state index in [-0.39, 0.29) is 0 Å². The average Bonchev–Trinajstić information content (AvgIpc) is 2.52. The molecule has 104 valence electrons. The molecule has 0 saturated heterocycles. The van der Waals surface area contributed by atoms with Gasteiger partial charge in [-0.25, -0.2) is 5.48 Å². The molecule has 0 fully saturated rings. The summed E-state index contributed by atoms with van der Waals surface area (Å²) in [4.78, 5) is 5.41. The second-order valence-electron chi connectivity index (χ2n) is 4.78. The quantitative estimate of drug-likeness (QED) is 0.604. The molecule has 2 rings (SSSR count). The number of nitrogens with one attached hydrogen (secondary N) is 1. The molecule has 0 radical (unpaired) electrons. The van der Waals surface area contributed by atoms with Crippen molar-refractivity contribution in [1.29, 1.82) is 0 Å². The Labute approximate surface area is 121 Å². The maximum absolute atomic E-state index is 5.41. The van der Waals surface area contributed by atoms with E-state index in [0.717, 1.165) is 6.54 Å². The van der Waals surface area contributed by atoms with Crippen LogP contribution in [0.3, 0.4) is 0 Å². The molecule has 2 nitrogen and oxygen atoms in total. The third kappa shape index (κ3) is 5.00. The van der Waals surface area contributed by atoms with Crippen LogP contribution in [0.4, 0.5) is 0 Å². The lowest BCUT2D eigenvalue weighted by atomic mass is 10.0. The van der Waals surface area contributed by atoms with Crippen molar-refractivity contribution in [2.45, 2.75) is 12.8 Å². The van der Waals surface area contributed by atoms with Gasteiger partial charge in [0, 0.05) is 6.54 Å². The van der Waals surface area contributed by atoms with Crippen molar-refractivity contribution in [3.8, 4) is 0 Å². The topological polar surface area (TPSA) is 21.3 Å². The summed E-state index contributed by atoms with van der Waals surface area (Å²) in [5, 5.41) is 0. The fourth-order valence-corrected chi connectivity index (χ4v) is 1.94. The summed E-state index contributed by atoms with van der Waals surface area (Å²) in [6, 6.07) is 20.7. The van der Waals surface area contributed by atoms with Gasteiger partial charge in [0.1, 0.15) is 0 Å². The Bertz CT molecular complexity index is 507. The van der Waals surface area contributed by atoms with Crippen LogP contribution in [0.25, 0.3) is 6.08 Å². The minimum absolute atomic E-state index is 0.439. The summed E-state index contributed by atoms with van der Waals surface area (Å²) < 4.78 is 0. The van der Waals surface area contributed by atoms with Gasteiger partial charge in [-0.3, -0.25) is 4.84 Å². The SMILES string of the molecule is CC(CNOCC=Cc1ccccc1)c1ccccc1. The Morgan fingerprint density at radius 1 is 1.00 bits per heavy atom. The van der Waals surface area contributed by atoms with E-state index < -0.39 is 0 Å². The molecule has 2 heteroatoms. The van der Waals surface area contributed by atoms with E-state index in [1.807, 2.05) is 30.3 Å². The highest BCUT2D eigenvalue weighted by Gasteiger charge is 2.03. The first-order valence-electron chi connectivity index (χ1n) is 6.97. The third-order valence-electron chi connectivity index (χ3n) is 3.15. The molecule has 0 aliphatic rings. The molecule has 0 spiro atoms. The van der Waals surface area contributed by atoms with Crippen molar-refractivity contribution in [2.24, 2.45) is 0 Å². The van der Waals surface area contributed by atoms with Gasteiger partial charge in [-0.2, -0.15) is 0 Å². The molecule has 1 unspecified atom stereocenters. The van der Waals surface area contributed by atoms with E-state index >= 15 is 0 Å². The molecule has 20 heavy (non-hydrogen) atoms. The van der Waals surface area contributed by atoms with Crippen molar-refractivity contribution in [3.63, 3.8) is 0 Å². The van der Waals surface area contributed by atoms with Crippen molar-refractivity contribution in [1.82, 2.24) is 5.48 Å². The largest absolute Gasteiger partial charge is 0.298 e. The summed E-state index contributed by atoms with van der Waals surface area (Å²) in [7, 11) is 0. The standard InChI is InChI=1S/C18H21NO/c1-16(18-12-6-3-7-13-18)15-19-20-14-8-11-17-9-4-2-5-10-17/h2-13,16,19H,14-15H2,1H3. The molecule has 0 aromatic heterocycles. The Kier molecular flexibility index (Phi) is 6.03. The molecule has 1 atom stereocenters. The number of benzene rings is 2. The monoisotopic (exact) mass is 267 g/mol. The van der Waals surface area contributed by atoms with Crippen LogP contribution in [0.15, 0.2) is 66.7 Å². The van der Waals surface area contributed by atoms with Gasteiger partial charge in [-0.1, -0.05) is 79.7 Å². The van der Waals surface area contributed by atoms with E-state index in [0.29, 0.717) is 12.5 Å². The van der Waals surface area contributed by atoms with Gasteiger partial charge in [0.25, 0.3) is 0 Å². The number of hydrogen-bond acceptors (Lipinski definition) is 2. The number of rotatable bonds is 7. The third-order valence-corrected chi connectivity index (χ3v) is 3.15. The molecule has 1 N–H and O–H groups in total. The minimum Gasteiger partial charge on any atom is -0.298 e. The lowest BCUT2D eigenvalue weighted by molar-refractivity contribution is 0.0598. The van der Waals surface area contributed by atoms with E-state index in [2.05, 4.69) is 54.9 Å². The smallest absolute Gasteiger partial charge is 0.0866 e. The van der Waals surface area contributed by atoms with E-state index in [9.17, 15) is 0 Å². The van der Waals surface area contributed by atoms with Gasteiger partial charge in [-0.15, -0.1) is 0 Å². The van der Waals surface area contributed by atoms with Crippen LogP contribution in [0.1, 0.15) is 24.0 Å². The van der Waals surface area contributed by atoms with Crippen LogP contribution >= 0.6 is 0 Å². The van der Waals surface area contributed by atoms with Crippen molar-refractivity contribution >= 4 is 6.08 Å². The molecular formula is C18H21NO. The van der Waals surface area contributed by atoms with Crippen LogP contribution < -0.4 is 5.48 Å². The molecule has 0 aliphatic heterocycles. The normalized spacial score (nSPS) is 12.7. The van der Waals surface area contributed by atoms with Crippen LogP contribution in [0.5, 0.6) is 0 Å². The first-order chi connectivity index (χ1) is 9.86. The molecule has 0 heterocycles. The van der Waals surface area contributed by atoms with Crippen LogP contribution in [0, 0.1) is 0 Å². The Hall–Kier alpha value is -1.90. The van der Waals surface area contributed by atoms with Crippen LogP contribution in [-0.2, 0) is 4.84 Å². The van der Waals surface area contributed by atoms with Crippen molar-refractivity contribution in [2.75, 3.05) is 13.2 Å². The summed E-state index contributed by atoms with van der Waals surface area (Å²) >= 11 is 0. The minimum atomic E-state index is 0.439. The van der Waals surface area contributed by atoms with Gasteiger partial charge in [0.2, 0.25) is 0 Å². The summed E-state index contributed by atoms with van der Waals surface area (Å²) in [5.74, 6) is 0.439. The average molecular weight is 267 g/mol. The molecule has 0 aliphatic carbocycles. The molecule has 2 aromatic carbocycles. The Morgan fingerprint density at radius 3 is 2.35 bits per heavy atom. The van der Waals surface area contributed by atoms with Crippen molar-refractivity contribution < 1.29 is 4.84 Å². The second-order valence-corrected chi connectivity index (χ2v) is 4.78. The molecule has 0 saturated carbocycles. The maximum Gasteiger partial charge on any atom is 0.0866 e. The first kappa shape index (κ1) is 14.5. The van der Waals surface area contributed by atoms with E-state index in [1.54, 1.807) is 0 Å². The summed E-state index contributed by atoms with van der Waals surface area (Å²) in [5.41, 5.74) is 5.53. The molecule has 0 amide bonds. The van der Waals surface area contributed by atoms with E-state index in [4.69, 9.17) is 4.84 Å². The van der Waals surface area contributed by atoms with Gasteiger partial charge in [0.15, 0.2) is 0 Å². The zero-order valence-corrected chi connectivity index (χ0v) is 11.8. The number of hydrogen-bond donors (Lipinski definition) is 1. The Morgan fingerprint density at radius 2 is 1.65 bits per heavy atom. The molecule has 0 bridgehead atoms. The lowest BCUT2D eigenvalue weighted by Crippen LogP contribution is -2.20. The predicted octanol–water partition coefficient (Wildman–Crippen LogP) is 4.02. The zero-order chi connectivity index (χ0) is 14.0. The summed E-state index contributed by atoms with van der Waals surface area (Å²) in [6.07, 6.45) is 4.07. The first-order valence-corrected chi connectivity index (χ1v) is 6.97. The lowest BCUT2D eigenvalue weighted by Gasteiger charge is -2.12. The highest BCUT2D eigenvalue weighted by molar-refractivity contribution is 5.48. The van der Waals surface area contributed by atoms with Gasteiger partial charge < -0.3 is 0 Å². The molecular weight excluding hydrogens is 246 g/mol. The Balaban J connectivity index is 1.63. The predicted molar refractivity (Wildman–Crippen MR) is 84.3 cm³/mol. The van der Waals surface area contributed by atoms with E-state index in [1.165, 1.54) is 11.1 Å². The fraction of sp³-hybridized carbons (Fsp3) is 0.222. The summed E-state index contributed by atoms with van der Waals surface area (Å²) in [6.45, 7) is 3.56. The van der Waals surface area contributed by atoms with Crippen LogP contribution in [-0.4, -0.2) is 13.2 Å². The van der Waals surface area contributed by atoms with Crippen LogP contribution in [0.2, 0.25) is 0 Å². The number of hydroxylamine groups is 1. The fourth-order valence-electron chi connectivity index (χ4n) is 1.94. The highest BCUT2D eigenvalue weighted by atomic mass is 16.6. The van der Waals surface area contributed by atoms with Crippen molar-refractivity contribution in [3.05, 3.63) is 77.9 Å². The maximum atomic E-state index is 5.41. The molecule has 2 aromatic rings. The zero-order valence-electron chi connectivity index (χ0n) is 11.8. The van der Waals surface area contributed by atoms with Gasteiger partial charge >= 0.3 is 0 Å².